The molecule has 1 aliphatic heterocycles. The molecule has 2 aromatic heterocycles. The van der Waals surface area contributed by atoms with Gasteiger partial charge in [-0.15, -0.1) is 0 Å². The first-order valence-electron chi connectivity index (χ1n) is 9.34. The van der Waals surface area contributed by atoms with E-state index in [1.165, 1.54) is 29.7 Å². The molecule has 2 aromatic rings. The first-order chi connectivity index (χ1) is 12.1. The van der Waals surface area contributed by atoms with Crippen molar-refractivity contribution in [1.29, 1.82) is 0 Å². The zero-order chi connectivity index (χ0) is 17.7. The Morgan fingerprint density at radius 1 is 1.28 bits per heavy atom. The maximum Gasteiger partial charge on any atom is 0.0535 e. The van der Waals surface area contributed by atoms with E-state index in [0.29, 0.717) is 5.41 Å². The van der Waals surface area contributed by atoms with E-state index >= 15 is 0 Å². The third kappa shape index (κ3) is 4.90. The lowest BCUT2D eigenvalue weighted by atomic mass is 9.82. The van der Waals surface area contributed by atoms with Gasteiger partial charge in [-0.05, 0) is 80.6 Å². The zero-order valence-electron chi connectivity index (χ0n) is 15.8. The summed E-state index contributed by atoms with van der Waals surface area (Å²) < 4.78 is 5.89. The van der Waals surface area contributed by atoms with Crippen molar-refractivity contribution < 1.29 is 4.74 Å². The number of thiophene rings is 1. The van der Waals surface area contributed by atoms with Crippen molar-refractivity contribution in [1.82, 2.24) is 9.88 Å². The number of aryl methyl sites for hydroxylation is 3. The molecule has 25 heavy (non-hydrogen) atoms. The summed E-state index contributed by atoms with van der Waals surface area (Å²) in [6, 6.07) is 6.63. The predicted molar refractivity (Wildman–Crippen MR) is 105 cm³/mol. The number of hydrogen-bond acceptors (Lipinski definition) is 4. The third-order valence-corrected chi connectivity index (χ3v) is 6.11. The van der Waals surface area contributed by atoms with Crippen molar-refractivity contribution >= 4 is 11.3 Å². The Hall–Kier alpha value is -1.23. The van der Waals surface area contributed by atoms with Gasteiger partial charge in [-0.1, -0.05) is 6.07 Å². The highest BCUT2D eigenvalue weighted by molar-refractivity contribution is 7.07. The smallest absolute Gasteiger partial charge is 0.0535 e. The quantitative estimate of drug-likeness (QED) is 0.688. The van der Waals surface area contributed by atoms with Crippen LogP contribution >= 0.6 is 11.3 Å². The van der Waals surface area contributed by atoms with Gasteiger partial charge < -0.3 is 4.74 Å². The molecular formula is C21H30N2OS. The Kier molecular flexibility index (Phi) is 6.26. The van der Waals surface area contributed by atoms with Gasteiger partial charge in [0, 0.05) is 36.5 Å². The van der Waals surface area contributed by atoms with Crippen LogP contribution in [0.15, 0.2) is 29.0 Å². The molecule has 3 nitrogen and oxygen atoms in total. The normalized spacial score (nSPS) is 21.1. The number of rotatable bonds is 8. The maximum absolute atomic E-state index is 5.89. The molecule has 1 fully saturated rings. The van der Waals surface area contributed by atoms with Crippen molar-refractivity contribution in [2.45, 2.75) is 46.6 Å². The average molecular weight is 359 g/mol. The summed E-state index contributed by atoms with van der Waals surface area (Å²) in [5.74, 6) is 0. The average Bonchev–Trinajstić information content (AvgIpc) is 3.24. The van der Waals surface area contributed by atoms with E-state index in [-0.39, 0.29) is 0 Å². The predicted octanol–water partition coefficient (Wildman–Crippen LogP) is 4.62. The van der Waals surface area contributed by atoms with Crippen LogP contribution < -0.4 is 0 Å². The Bertz CT molecular complexity index is 671. The monoisotopic (exact) mass is 358 g/mol. The molecule has 3 heterocycles. The van der Waals surface area contributed by atoms with Crippen LogP contribution in [0.4, 0.5) is 0 Å². The Morgan fingerprint density at radius 2 is 2.16 bits per heavy atom. The summed E-state index contributed by atoms with van der Waals surface area (Å²) >= 11 is 1.80. The van der Waals surface area contributed by atoms with Crippen LogP contribution in [0.2, 0.25) is 0 Å². The molecule has 4 heteroatoms. The molecule has 1 saturated heterocycles. The van der Waals surface area contributed by atoms with Crippen LogP contribution in [0.3, 0.4) is 0 Å². The summed E-state index contributed by atoms with van der Waals surface area (Å²) in [7, 11) is 0. The number of nitrogens with zero attached hydrogens (tertiary/aromatic N) is 2. The molecule has 0 unspecified atom stereocenters. The lowest BCUT2D eigenvalue weighted by Gasteiger charge is -2.29. The fourth-order valence-corrected chi connectivity index (χ4v) is 4.55. The standard InChI is InChI=1S/C21H30N2OS/c1-4-24-16-21(9-7-19-8-12-25-14-19)10-11-23(15-21)13-20-6-5-17(2)22-18(20)3/h5-6,8,12,14H,4,7,9-11,13,15-16H2,1-3H3/t21-/m0/s1. The van der Waals surface area contributed by atoms with Gasteiger partial charge >= 0.3 is 0 Å². The molecule has 136 valence electrons. The van der Waals surface area contributed by atoms with E-state index in [1.807, 2.05) is 0 Å². The molecule has 1 atom stereocenters. The number of likely N-dealkylation sites (tertiary alicyclic amines) is 1. The Balaban J connectivity index is 1.64. The molecule has 0 spiro atoms. The highest BCUT2D eigenvalue weighted by Gasteiger charge is 2.38. The van der Waals surface area contributed by atoms with Crippen LogP contribution in [0.1, 0.15) is 42.3 Å². The van der Waals surface area contributed by atoms with Gasteiger partial charge in [0.1, 0.15) is 0 Å². The number of ether oxygens (including phenoxy) is 1. The molecule has 3 rings (SSSR count). The third-order valence-electron chi connectivity index (χ3n) is 5.38. The minimum Gasteiger partial charge on any atom is -0.381 e. The second-order valence-electron chi connectivity index (χ2n) is 7.43. The van der Waals surface area contributed by atoms with Crippen LogP contribution in [-0.4, -0.2) is 36.2 Å². The van der Waals surface area contributed by atoms with Crippen molar-refractivity contribution in [3.8, 4) is 0 Å². The fourth-order valence-electron chi connectivity index (χ4n) is 3.84. The topological polar surface area (TPSA) is 25.4 Å². The van der Waals surface area contributed by atoms with Crippen molar-refractivity contribution in [2.24, 2.45) is 5.41 Å². The largest absolute Gasteiger partial charge is 0.381 e. The lowest BCUT2D eigenvalue weighted by Crippen LogP contribution is -2.32. The highest BCUT2D eigenvalue weighted by atomic mass is 32.1. The van der Waals surface area contributed by atoms with E-state index in [0.717, 1.165) is 45.0 Å². The van der Waals surface area contributed by atoms with E-state index in [9.17, 15) is 0 Å². The summed E-state index contributed by atoms with van der Waals surface area (Å²) in [5, 5.41) is 4.46. The molecule has 0 bridgehead atoms. The minimum atomic E-state index is 0.296. The molecular weight excluding hydrogens is 328 g/mol. The van der Waals surface area contributed by atoms with Crippen molar-refractivity contribution in [2.75, 3.05) is 26.3 Å². The van der Waals surface area contributed by atoms with Crippen LogP contribution in [0.5, 0.6) is 0 Å². The van der Waals surface area contributed by atoms with E-state index < -0.39 is 0 Å². The molecule has 0 N–H and O–H groups in total. The fraction of sp³-hybridized carbons (Fsp3) is 0.571. The van der Waals surface area contributed by atoms with Crippen LogP contribution in [0.25, 0.3) is 0 Å². The van der Waals surface area contributed by atoms with E-state index in [2.05, 4.69) is 59.6 Å². The highest BCUT2D eigenvalue weighted by Crippen LogP contribution is 2.36. The Morgan fingerprint density at radius 3 is 2.88 bits per heavy atom. The summed E-state index contributed by atoms with van der Waals surface area (Å²) in [6.45, 7) is 11.3. The van der Waals surface area contributed by atoms with Crippen LogP contribution in [-0.2, 0) is 17.7 Å². The van der Waals surface area contributed by atoms with Gasteiger partial charge in [-0.3, -0.25) is 9.88 Å². The summed E-state index contributed by atoms with van der Waals surface area (Å²) in [5.41, 5.74) is 5.39. The van der Waals surface area contributed by atoms with Gasteiger partial charge in [-0.2, -0.15) is 11.3 Å². The Labute approximate surface area is 156 Å². The van der Waals surface area contributed by atoms with Gasteiger partial charge in [-0.25, -0.2) is 0 Å². The molecule has 0 aromatic carbocycles. The number of hydrogen-bond donors (Lipinski definition) is 0. The summed E-state index contributed by atoms with van der Waals surface area (Å²) in [6.07, 6.45) is 3.61. The second-order valence-corrected chi connectivity index (χ2v) is 8.21. The first-order valence-corrected chi connectivity index (χ1v) is 10.3. The second kappa shape index (κ2) is 8.43. The van der Waals surface area contributed by atoms with Gasteiger partial charge in [0.05, 0.1) is 6.61 Å². The molecule has 0 aliphatic carbocycles. The summed E-state index contributed by atoms with van der Waals surface area (Å²) in [4.78, 5) is 7.21. The van der Waals surface area contributed by atoms with Crippen molar-refractivity contribution in [3.63, 3.8) is 0 Å². The van der Waals surface area contributed by atoms with E-state index in [4.69, 9.17) is 4.74 Å². The lowest BCUT2D eigenvalue weighted by molar-refractivity contribution is 0.0489. The first kappa shape index (κ1) is 18.6. The SMILES string of the molecule is CCOC[C@@]1(CCc2ccsc2)CCN(Cc2ccc(C)nc2C)C1. The molecule has 0 radical (unpaired) electrons. The van der Waals surface area contributed by atoms with Gasteiger partial charge in [0.15, 0.2) is 0 Å². The zero-order valence-corrected chi connectivity index (χ0v) is 16.6. The van der Waals surface area contributed by atoms with Gasteiger partial charge in [0.25, 0.3) is 0 Å². The minimum absolute atomic E-state index is 0.296. The molecule has 0 amide bonds. The van der Waals surface area contributed by atoms with Crippen molar-refractivity contribution in [3.05, 3.63) is 51.5 Å². The molecule has 0 saturated carbocycles. The van der Waals surface area contributed by atoms with E-state index in [1.54, 1.807) is 11.3 Å². The van der Waals surface area contributed by atoms with Crippen LogP contribution in [0, 0.1) is 19.3 Å². The van der Waals surface area contributed by atoms with Gasteiger partial charge in [0.2, 0.25) is 0 Å². The number of pyridine rings is 1. The number of aromatic nitrogens is 1. The molecule has 1 aliphatic rings. The maximum atomic E-state index is 5.89.